The number of benzene rings is 1. The minimum absolute atomic E-state index is 0.299. The van der Waals surface area contributed by atoms with E-state index in [1.165, 1.54) is 24.0 Å². The molecular weight excluding hydrogens is 172 g/mol. The van der Waals surface area contributed by atoms with Crippen molar-refractivity contribution in [3.05, 3.63) is 47.0 Å². The van der Waals surface area contributed by atoms with E-state index < -0.39 is 0 Å². The highest BCUT2D eigenvalue weighted by Gasteiger charge is 2.16. The van der Waals surface area contributed by atoms with E-state index in [1.54, 1.807) is 5.57 Å². The summed E-state index contributed by atoms with van der Waals surface area (Å²) in [5.74, 6) is 0. The van der Waals surface area contributed by atoms with Gasteiger partial charge in [0.05, 0.1) is 0 Å². The molecule has 14 heavy (non-hydrogen) atoms. The van der Waals surface area contributed by atoms with Crippen LogP contribution < -0.4 is 0 Å². The van der Waals surface area contributed by atoms with Gasteiger partial charge in [-0.25, -0.2) is 0 Å². The Labute approximate surface area is 85.1 Å². The van der Waals surface area contributed by atoms with Gasteiger partial charge in [0.15, 0.2) is 0 Å². The zero-order valence-electron chi connectivity index (χ0n) is 8.37. The van der Waals surface area contributed by atoms with E-state index in [0.29, 0.717) is 6.61 Å². The molecular formula is C13H16O. The summed E-state index contributed by atoms with van der Waals surface area (Å²) in [7, 11) is 0. The molecule has 0 bridgehead atoms. The van der Waals surface area contributed by atoms with Gasteiger partial charge in [-0.1, -0.05) is 41.5 Å². The van der Waals surface area contributed by atoms with Crippen molar-refractivity contribution in [3.8, 4) is 0 Å². The van der Waals surface area contributed by atoms with Gasteiger partial charge in [-0.05, 0) is 31.2 Å². The minimum atomic E-state index is 0.299. The molecule has 0 aromatic heterocycles. The first-order valence-corrected chi connectivity index (χ1v) is 5.24. The lowest BCUT2D eigenvalue weighted by atomic mass is 9.83. The average molecular weight is 188 g/mol. The van der Waals surface area contributed by atoms with Crippen LogP contribution in [0.1, 0.15) is 24.8 Å². The molecule has 0 spiro atoms. The maximum absolute atomic E-state index is 8.85. The molecule has 1 N–H and O–H groups in total. The number of aliphatic hydroxyl groups is 1. The summed E-state index contributed by atoms with van der Waals surface area (Å²) in [6, 6.07) is 10.6. The lowest BCUT2D eigenvalue weighted by Gasteiger charge is -2.23. The lowest BCUT2D eigenvalue weighted by molar-refractivity contribution is 0.295. The van der Waals surface area contributed by atoms with Crippen molar-refractivity contribution >= 4 is 0 Å². The Morgan fingerprint density at radius 2 is 1.71 bits per heavy atom. The molecule has 0 aliphatic heterocycles. The molecule has 1 aromatic carbocycles. The van der Waals surface area contributed by atoms with Gasteiger partial charge in [0, 0.05) is 6.61 Å². The van der Waals surface area contributed by atoms with E-state index in [-0.39, 0.29) is 0 Å². The number of hydrogen-bond acceptors (Lipinski definition) is 1. The maximum Gasteiger partial charge on any atom is 0.0468 e. The quantitative estimate of drug-likeness (QED) is 0.720. The number of hydrogen-bond donors (Lipinski definition) is 1. The molecule has 1 heteroatoms. The predicted octanol–water partition coefficient (Wildman–Crippen LogP) is 2.70. The first-order chi connectivity index (χ1) is 6.90. The van der Waals surface area contributed by atoms with Crippen LogP contribution in [-0.2, 0) is 6.42 Å². The molecule has 1 aromatic rings. The van der Waals surface area contributed by atoms with E-state index in [0.717, 1.165) is 12.8 Å². The van der Waals surface area contributed by atoms with E-state index >= 15 is 0 Å². The Bertz CT molecular complexity index is 324. The van der Waals surface area contributed by atoms with E-state index in [4.69, 9.17) is 5.11 Å². The van der Waals surface area contributed by atoms with Gasteiger partial charge in [-0.3, -0.25) is 0 Å². The molecule has 74 valence electrons. The standard InChI is InChI=1S/C13H16O/c14-9-8-12-6-7-13(12)10-11-4-2-1-3-5-11/h1-5,14H,6-10H2. The summed E-state index contributed by atoms with van der Waals surface area (Å²) in [5.41, 5.74) is 4.42. The molecule has 0 fully saturated rings. The van der Waals surface area contributed by atoms with Crippen LogP contribution in [0.4, 0.5) is 0 Å². The van der Waals surface area contributed by atoms with Gasteiger partial charge in [-0.15, -0.1) is 0 Å². The molecule has 1 aliphatic carbocycles. The van der Waals surface area contributed by atoms with Crippen molar-refractivity contribution in [1.82, 2.24) is 0 Å². The third-order valence-corrected chi connectivity index (χ3v) is 2.90. The molecule has 1 nitrogen and oxygen atoms in total. The second-order valence-corrected chi connectivity index (χ2v) is 3.84. The van der Waals surface area contributed by atoms with Gasteiger partial charge in [0.2, 0.25) is 0 Å². The first kappa shape index (κ1) is 9.47. The second-order valence-electron chi connectivity index (χ2n) is 3.84. The normalized spacial score (nSPS) is 15.5. The van der Waals surface area contributed by atoms with Crippen LogP contribution in [0.2, 0.25) is 0 Å². The Balaban J connectivity index is 2.02. The van der Waals surface area contributed by atoms with Crippen LogP contribution in [0.25, 0.3) is 0 Å². The van der Waals surface area contributed by atoms with Crippen LogP contribution in [0, 0.1) is 0 Å². The summed E-state index contributed by atoms with van der Waals surface area (Å²) in [5, 5.41) is 8.85. The molecule has 0 atom stereocenters. The smallest absolute Gasteiger partial charge is 0.0468 e. The van der Waals surface area contributed by atoms with Crippen LogP contribution in [0.3, 0.4) is 0 Å². The van der Waals surface area contributed by atoms with Crippen molar-refractivity contribution in [1.29, 1.82) is 0 Å². The fourth-order valence-corrected chi connectivity index (χ4v) is 1.97. The van der Waals surface area contributed by atoms with Gasteiger partial charge in [0.25, 0.3) is 0 Å². The SMILES string of the molecule is OCCC1=C(Cc2ccccc2)CC1. The highest BCUT2D eigenvalue weighted by molar-refractivity contribution is 5.31. The third kappa shape index (κ3) is 2.05. The maximum atomic E-state index is 8.85. The molecule has 0 amide bonds. The predicted molar refractivity (Wildman–Crippen MR) is 58.1 cm³/mol. The van der Waals surface area contributed by atoms with E-state index in [1.807, 2.05) is 6.07 Å². The Morgan fingerprint density at radius 3 is 2.29 bits per heavy atom. The van der Waals surface area contributed by atoms with Crippen molar-refractivity contribution in [2.75, 3.05) is 6.61 Å². The average Bonchev–Trinajstić information content (AvgIpc) is 2.23. The van der Waals surface area contributed by atoms with Crippen LogP contribution in [0.5, 0.6) is 0 Å². The number of aliphatic hydroxyl groups excluding tert-OH is 1. The summed E-state index contributed by atoms with van der Waals surface area (Å²) in [6.45, 7) is 0.299. The lowest BCUT2D eigenvalue weighted by Crippen LogP contribution is -2.08. The van der Waals surface area contributed by atoms with Crippen LogP contribution in [-0.4, -0.2) is 11.7 Å². The summed E-state index contributed by atoms with van der Waals surface area (Å²) in [4.78, 5) is 0. The van der Waals surface area contributed by atoms with Gasteiger partial charge in [-0.2, -0.15) is 0 Å². The highest BCUT2D eigenvalue weighted by atomic mass is 16.2. The van der Waals surface area contributed by atoms with Crippen LogP contribution >= 0.6 is 0 Å². The summed E-state index contributed by atoms with van der Waals surface area (Å²) >= 11 is 0. The van der Waals surface area contributed by atoms with Gasteiger partial charge < -0.3 is 5.11 Å². The fraction of sp³-hybridized carbons (Fsp3) is 0.385. The Hall–Kier alpha value is -1.08. The molecule has 0 unspecified atom stereocenters. The van der Waals surface area contributed by atoms with Crippen LogP contribution in [0.15, 0.2) is 41.5 Å². The molecule has 0 radical (unpaired) electrons. The second kappa shape index (κ2) is 4.43. The molecule has 1 aliphatic rings. The molecule has 0 heterocycles. The monoisotopic (exact) mass is 188 g/mol. The number of allylic oxidation sites excluding steroid dienone is 1. The highest BCUT2D eigenvalue weighted by Crippen LogP contribution is 2.32. The molecule has 2 rings (SSSR count). The number of rotatable bonds is 4. The Kier molecular flexibility index (Phi) is 3.00. The van der Waals surface area contributed by atoms with Gasteiger partial charge >= 0.3 is 0 Å². The Morgan fingerprint density at radius 1 is 1.00 bits per heavy atom. The van der Waals surface area contributed by atoms with Crippen molar-refractivity contribution in [3.63, 3.8) is 0 Å². The topological polar surface area (TPSA) is 20.2 Å². The van der Waals surface area contributed by atoms with E-state index in [9.17, 15) is 0 Å². The molecule has 0 saturated heterocycles. The van der Waals surface area contributed by atoms with Gasteiger partial charge in [0.1, 0.15) is 0 Å². The largest absolute Gasteiger partial charge is 0.396 e. The zero-order valence-corrected chi connectivity index (χ0v) is 8.37. The van der Waals surface area contributed by atoms with Crippen molar-refractivity contribution in [2.45, 2.75) is 25.7 Å². The summed E-state index contributed by atoms with van der Waals surface area (Å²) < 4.78 is 0. The minimum Gasteiger partial charge on any atom is -0.396 e. The molecule has 0 saturated carbocycles. The van der Waals surface area contributed by atoms with Crippen molar-refractivity contribution in [2.24, 2.45) is 0 Å². The zero-order chi connectivity index (χ0) is 9.80. The van der Waals surface area contributed by atoms with Crippen molar-refractivity contribution < 1.29 is 5.11 Å². The first-order valence-electron chi connectivity index (χ1n) is 5.24. The third-order valence-electron chi connectivity index (χ3n) is 2.90. The van der Waals surface area contributed by atoms with E-state index in [2.05, 4.69) is 24.3 Å². The summed E-state index contributed by atoms with van der Waals surface area (Å²) in [6.07, 6.45) is 4.38. The fourth-order valence-electron chi connectivity index (χ4n) is 1.97.